The van der Waals surface area contributed by atoms with Crippen LogP contribution in [0.4, 0.5) is 11.4 Å². The molecule has 4 heterocycles. The summed E-state index contributed by atoms with van der Waals surface area (Å²) in [5.74, 6) is 1.21. The van der Waals surface area contributed by atoms with Crippen molar-refractivity contribution in [3.05, 3.63) is 108 Å². The second kappa shape index (κ2) is 16.1. The number of thiophene rings is 2. The standard InChI is InChI=1S/C42H46N4O7S2/c1-5-28-14-39-26(7-9-54-39)20-45(28)41(48)31-16-35(50-3)37(18-33(31)43)52-22-24-11-25(13-30(47)12-24)23-53-38-19-34(44)32(17-36(38)51-4)42(49)46-21-27-8-10-55-40(27)15-29(46)6-2/h7-13,16-19,28-29,47H,5-6,14-15,20-23,43-44H2,1-4H3/t28-,29+. The zero-order valence-corrected chi connectivity index (χ0v) is 33.1. The van der Waals surface area contributed by atoms with E-state index >= 15 is 0 Å². The van der Waals surface area contributed by atoms with Gasteiger partial charge in [0.1, 0.15) is 19.0 Å². The predicted molar refractivity (Wildman–Crippen MR) is 216 cm³/mol. The number of aromatic hydroxyl groups is 1. The maximum atomic E-state index is 13.8. The molecule has 13 heteroatoms. The zero-order valence-electron chi connectivity index (χ0n) is 31.4. The smallest absolute Gasteiger partial charge is 0.256 e. The third-order valence-corrected chi connectivity index (χ3v) is 12.5. The van der Waals surface area contributed by atoms with Gasteiger partial charge in [-0.3, -0.25) is 9.59 Å². The summed E-state index contributed by atoms with van der Waals surface area (Å²) in [5.41, 5.74) is 17.9. The number of nitrogens with two attached hydrogens (primary N) is 2. The van der Waals surface area contributed by atoms with Crippen molar-refractivity contribution in [3.63, 3.8) is 0 Å². The van der Waals surface area contributed by atoms with E-state index in [-0.39, 0.29) is 54.2 Å². The lowest BCUT2D eigenvalue weighted by molar-refractivity contribution is 0.0630. The number of nitrogen functional groups attached to an aromatic ring is 2. The van der Waals surface area contributed by atoms with Gasteiger partial charge in [-0.2, -0.15) is 0 Å². The third-order valence-electron chi connectivity index (χ3n) is 10.5. The second-order valence-electron chi connectivity index (χ2n) is 13.9. The topological polar surface area (TPSA) is 150 Å². The monoisotopic (exact) mass is 782 g/mol. The number of hydrogen-bond donors (Lipinski definition) is 3. The summed E-state index contributed by atoms with van der Waals surface area (Å²) in [6.07, 6.45) is 3.33. The SMILES string of the molecule is CC[C@@H]1Cc2sccc2CN1C(=O)c1cc(OC)c(OCc2cc(O)cc(COc3cc(N)c(C(=O)N4Cc5ccsc5C[C@@H]4CC)cc3OC)c2)cc1N. The summed E-state index contributed by atoms with van der Waals surface area (Å²) in [6, 6.07) is 15.9. The van der Waals surface area contributed by atoms with Crippen LogP contribution in [0.5, 0.6) is 28.7 Å². The minimum atomic E-state index is -0.146. The molecule has 0 unspecified atom stereocenters. The first-order valence-corrected chi connectivity index (χ1v) is 20.1. The van der Waals surface area contributed by atoms with Crippen molar-refractivity contribution < 1.29 is 33.6 Å². The van der Waals surface area contributed by atoms with Crippen LogP contribution in [-0.4, -0.2) is 53.0 Å². The molecule has 55 heavy (non-hydrogen) atoms. The van der Waals surface area contributed by atoms with Crippen LogP contribution >= 0.6 is 22.7 Å². The minimum absolute atomic E-state index is 0.0288. The summed E-state index contributed by atoms with van der Waals surface area (Å²) in [5, 5.41) is 14.8. The van der Waals surface area contributed by atoms with E-state index in [4.69, 9.17) is 30.4 Å². The highest BCUT2D eigenvalue weighted by Crippen LogP contribution is 2.38. The van der Waals surface area contributed by atoms with E-state index in [0.717, 1.165) is 25.7 Å². The maximum Gasteiger partial charge on any atom is 0.256 e. The van der Waals surface area contributed by atoms with Gasteiger partial charge in [0.2, 0.25) is 0 Å². The Bertz CT molecular complexity index is 2070. The normalized spacial score (nSPS) is 16.3. The molecule has 7 rings (SSSR count). The number of phenols is 1. The first kappa shape index (κ1) is 37.9. The lowest BCUT2D eigenvalue weighted by Gasteiger charge is -2.35. The van der Waals surface area contributed by atoms with Crippen molar-refractivity contribution in [2.24, 2.45) is 0 Å². The highest BCUT2D eigenvalue weighted by Gasteiger charge is 2.33. The van der Waals surface area contributed by atoms with Crippen LogP contribution in [-0.2, 0) is 39.1 Å². The van der Waals surface area contributed by atoms with E-state index in [0.29, 0.717) is 58.3 Å². The molecule has 0 radical (unpaired) electrons. The van der Waals surface area contributed by atoms with Crippen molar-refractivity contribution in [1.29, 1.82) is 0 Å². The van der Waals surface area contributed by atoms with E-state index in [1.54, 1.807) is 59.1 Å². The van der Waals surface area contributed by atoms with E-state index in [9.17, 15) is 14.7 Å². The number of hydrogen-bond acceptors (Lipinski definition) is 11. The molecule has 0 fully saturated rings. The van der Waals surface area contributed by atoms with Gasteiger partial charge in [0.15, 0.2) is 23.0 Å². The summed E-state index contributed by atoms with van der Waals surface area (Å²) in [7, 11) is 3.03. The van der Waals surface area contributed by atoms with Crippen LogP contribution in [0, 0.1) is 0 Å². The number of anilines is 2. The largest absolute Gasteiger partial charge is 0.508 e. The average molecular weight is 783 g/mol. The summed E-state index contributed by atoms with van der Waals surface area (Å²) >= 11 is 3.47. The Labute approximate surface area is 329 Å². The Morgan fingerprint density at radius 2 is 1.13 bits per heavy atom. The van der Waals surface area contributed by atoms with Crippen molar-refractivity contribution in [3.8, 4) is 28.7 Å². The molecular weight excluding hydrogens is 737 g/mol. The molecule has 0 saturated heterocycles. The number of methoxy groups -OCH3 is 2. The molecule has 0 aliphatic carbocycles. The highest BCUT2D eigenvalue weighted by atomic mass is 32.1. The average Bonchev–Trinajstić information content (AvgIpc) is 3.86. The zero-order chi connectivity index (χ0) is 38.8. The number of phenolic OH excluding ortho intramolecular Hbond substituents is 1. The summed E-state index contributed by atoms with van der Waals surface area (Å²) in [4.78, 5) is 34.1. The Morgan fingerprint density at radius 1 is 0.691 bits per heavy atom. The minimum Gasteiger partial charge on any atom is -0.508 e. The third kappa shape index (κ3) is 7.76. The molecule has 2 atom stereocenters. The molecule has 2 amide bonds. The van der Waals surface area contributed by atoms with Crippen molar-refractivity contribution in [2.45, 2.75) is 77.9 Å². The molecule has 0 spiro atoms. The fourth-order valence-electron chi connectivity index (χ4n) is 7.46. The maximum absolute atomic E-state index is 13.8. The van der Waals surface area contributed by atoms with Crippen LogP contribution in [0.3, 0.4) is 0 Å². The lowest BCUT2D eigenvalue weighted by atomic mass is 9.98. The van der Waals surface area contributed by atoms with Crippen molar-refractivity contribution in [1.82, 2.24) is 9.80 Å². The molecule has 11 nitrogen and oxygen atoms in total. The van der Waals surface area contributed by atoms with Gasteiger partial charge in [0.05, 0.1) is 25.3 Å². The van der Waals surface area contributed by atoms with Crippen LogP contribution in [0.15, 0.2) is 65.4 Å². The Balaban J connectivity index is 1.03. The van der Waals surface area contributed by atoms with Crippen LogP contribution in [0.1, 0.15) is 79.4 Å². The second-order valence-corrected chi connectivity index (χ2v) is 15.9. The molecule has 3 aromatic carbocycles. The van der Waals surface area contributed by atoms with Crippen LogP contribution in [0.25, 0.3) is 0 Å². The summed E-state index contributed by atoms with van der Waals surface area (Å²) in [6.45, 7) is 5.41. The fraction of sp³-hybridized carbons (Fsp3) is 0.333. The number of carbonyl (C=O) groups excluding carboxylic acids is 2. The van der Waals surface area contributed by atoms with Crippen LogP contribution in [0.2, 0.25) is 0 Å². The molecule has 5 N–H and O–H groups in total. The number of nitrogens with zero attached hydrogens (tertiary/aromatic N) is 2. The number of ether oxygens (including phenoxy) is 4. The first-order valence-electron chi connectivity index (χ1n) is 18.3. The first-order chi connectivity index (χ1) is 26.6. The van der Waals surface area contributed by atoms with Gasteiger partial charge in [0, 0.05) is 71.3 Å². The quantitative estimate of drug-likeness (QED) is 0.108. The number of fused-ring (bicyclic) bond motifs is 2. The lowest BCUT2D eigenvalue weighted by Crippen LogP contribution is -2.43. The molecule has 288 valence electrons. The van der Waals surface area contributed by atoms with Gasteiger partial charge in [-0.05, 0) is 88.3 Å². The van der Waals surface area contributed by atoms with Crippen molar-refractivity contribution in [2.75, 3.05) is 25.7 Å². The number of rotatable bonds is 12. The Hall–Kier alpha value is -5.40. The molecule has 2 aromatic heterocycles. The highest BCUT2D eigenvalue weighted by molar-refractivity contribution is 7.10. The van der Waals surface area contributed by atoms with Gasteiger partial charge in [0.25, 0.3) is 11.8 Å². The van der Waals surface area contributed by atoms with Gasteiger partial charge in [-0.1, -0.05) is 13.8 Å². The number of carbonyl (C=O) groups is 2. The predicted octanol–water partition coefficient (Wildman–Crippen LogP) is 7.81. The van der Waals surface area contributed by atoms with Gasteiger partial charge >= 0.3 is 0 Å². The molecular formula is C42H46N4O7S2. The Kier molecular flexibility index (Phi) is 11.1. The molecule has 0 saturated carbocycles. The number of benzene rings is 3. The molecule has 0 bridgehead atoms. The Morgan fingerprint density at radius 3 is 1.53 bits per heavy atom. The van der Waals surface area contributed by atoms with E-state index in [1.165, 1.54) is 35.1 Å². The van der Waals surface area contributed by atoms with E-state index < -0.39 is 0 Å². The summed E-state index contributed by atoms with van der Waals surface area (Å²) < 4.78 is 23.6. The number of amides is 2. The molecule has 2 aliphatic heterocycles. The fourth-order valence-corrected chi connectivity index (χ4v) is 9.40. The molecule has 5 aromatic rings. The van der Waals surface area contributed by atoms with E-state index in [2.05, 4.69) is 36.7 Å². The van der Waals surface area contributed by atoms with Crippen molar-refractivity contribution >= 4 is 45.9 Å². The van der Waals surface area contributed by atoms with Gasteiger partial charge < -0.3 is 45.3 Å². The van der Waals surface area contributed by atoms with Crippen LogP contribution < -0.4 is 30.4 Å². The van der Waals surface area contributed by atoms with Gasteiger partial charge in [-0.25, -0.2) is 0 Å². The van der Waals surface area contributed by atoms with E-state index in [1.807, 2.05) is 15.9 Å². The van der Waals surface area contributed by atoms with Gasteiger partial charge in [-0.15, -0.1) is 22.7 Å². The molecule has 2 aliphatic rings.